The largest absolute Gasteiger partial charge is 0.494 e. The van der Waals surface area contributed by atoms with Crippen LogP contribution in [0.3, 0.4) is 0 Å². The zero-order valence-corrected chi connectivity index (χ0v) is 20.1. The van der Waals surface area contributed by atoms with Crippen LogP contribution >= 0.6 is 0 Å². The first kappa shape index (κ1) is 24.0. The minimum atomic E-state index is -0.454. The van der Waals surface area contributed by atoms with E-state index in [-0.39, 0.29) is 5.82 Å². The highest BCUT2D eigenvalue weighted by Crippen LogP contribution is 2.38. The van der Waals surface area contributed by atoms with Crippen molar-refractivity contribution in [2.75, 3.05) is 6.61 Å². The molecule has 178 valence electrons. The monoisotopic (exact) mass is 460 g/mol. The Morgan fingerprint density at radius 1 is 0.882 bits per heavy atom. The summed E-state index contributed by atoms with van der Waals surface area (Å²) in [5.41, 5.74) is 2.81. The van der Waals surface area contributed by atoms with Crippen molar-refractivity contribution < 1.29 is 18.7 Å². The van der Waals surface area contributed by atoms with Crippen molar-refractivity contribution >= 4 is 5.97 Å². The molecule has 0 saturated heterocycles. The quantitative estimate of drug-likeness (QED) is 0.251. The first-order chi connectivity index (χ1) is 16.6. The minimum absolute atomic E-state index is 0.210. The zero-order chi connectivity index (χ0) is 23.9. The van der Waals surface area contributed by atoms with Crippen molar-refractivity contribution in [3.05, 3.63) is 83.7 Å². The summed E-state index contributed by atoms with van der Waals surface area (Å²) < 4.78 is 25.9. The topological polar surface area (TPSA) is 35.5 Å². The molecule has 3 aromatic carbocycles. The van der Waals surface area contributed by atoms with Crippen LogP contribution in [0.4, 0.5) is 4.39 Å². The highest BCUT2D eigenvalue weighted by Gasteiger charge is 2.22. The van der Waals surface area contributed by atoms with Crippen molar-refractivity contribution in [3.8, 4) is 22.6 Å². The summed E-state index contributed by atoms with van der Waals surface area (Å²) in [6.45, 7) is 4.74. The number of ether oxygens (including phenoxy) is 2. The molecule has 0 unspecified atom stereocenters. The summed E-state index contributed by atoms with van der Waals surface area (Å²) in [5.74, 6) is 1.80. The standard InChI is InChI=1S/C30H33FO3/c1-3-5-21-6-8-22(9-7-21)25-14-19-28(29(31)20-25)23-10-12-24(13-11-23)30(32)34-27-17-15-26(16-18-27)33-4-2/h10-22H,3-9H2,1-2H3. The highest BCUT2D eigenvalue weighted by atomic mass is 19.1. The Morgan fingerprint density at radius 3 is 2.18 bits per heavy atom. The molecule has 1 saturated carbocycles. The van der Waals surface area contributed by atoms with E-state index in [1.165, 1.54) is 25.7 Å². The molecule has 0 aliphatic heterocycles. The maximum atomic E-state index is 15.0. The maximum Gasteiger partial charge on any atom is 0.343 e. The van der Waals surface area contributed by atoms with Crippen molar-refractivity contribution in [1.29, 1.82) is 0 Å². The normalized spacial score (nSPS) is 17.9. The molecule has 4 rings (SSSR count). The van der Waals surface area contributed by atoms with E-state index < -0.39 is 5.97 Å². The SMILES string of the molecule is CCCC1CCC(c2ccc(-c3ccc(C(=O)Oc4ccc(OCC)cc4)cc3)c(F)c2)CC1. The van der Waals surface area contributed by atoms with E-state index in [0.717, 1.165) is 35.6 Å². The van der Waals surface area contributed by atoms with Gasteiger partial charge >= 0.3 is 5.97 Å². The van der Waals surface area contributed by atoms with Gasteiger partial charge in [-0.3, -0.25) is 0 Å². The second-order valence-corrected chi connectivity index (χ2v) is 9.12. The van der Waals surface area contributed by atoms with Gasteiger partial charge in [-0.1, -0.05) is 44.0 Å². The van der Waals surface area contributed by atoms with E-state index in [0.29, 0.717) is 29.4 Å². The lowest BCUT2D eigenvalue weighted by Gasteiger charge is -2.28. The van der Waals surface area contributed by atoms with Gasteiger partial charge in [0.1, 0.15) is 17.3 Å². The third-order valence-corrected chi connectivity index (χ3v) is 6.79. The van der Waals surface area contributed by atoms with Crippen LogP contribution < -0.4 is 9.47 Å². The fraction of sp³-hybridized carbons (Fsp3) is 0.367. The summed E-state index contributed by atoms with van der Waals surface area (Å²) >= 11 is 0. The first-order valence-corrected chi connectivity index (χ1v) is 12.4. The molecule has 1 fully saturated rings. The maximum absolute atomic E-state index is 15.0. The first-order valence-electron chi connectivity index (χ1n) is 12.4. The molecule has 0 amide bonds. The summed E-state index contributed by atoms with van der Waals surface area (Å²) in [6.07, 6.45) is 7.34. The Kier molecular flexibility index (Phi) is 7.99. The van der Waals surface area contributed by atoms with Gasteiger partial charge in [-0.15, -0.1) is 0 Å². The molecule has 0 bridgehead atoms. The highest BCUT2D eigenvalue weighted by molar-refractivity contribution is 5.91. The molecular formula is C30H33FO3. The lowest BCUT2D eigenvalue weighted by molar-refractivity contribution is 0.0734. The number of esters is 1. The van der Waals surface area contributed by atoms with Crippen molar-refractivity contribution in [2.45, 2.75) is 58.3 Å². The van der Waals surface area contributed by atoms with Gasteiger partial charge in [-0.2, -0.15) is 0 Å². The Hall–Kier alpha value is -3.14. The number of carbonyl (C=O) groups is 1. The van der Waals surface area contributed by atoms with Gasteiger partial charge < -0.3 is 9.47 Å². The minimum Gasteiger partial charge on any atom is -0.494 e. The Bertz CT molecular complexity index is 1080. The second-order valence-electron chi connectivity index (χ2n) is 9.12. The smallest absolute Gasteiger partial charge is 0.343 e. The number of hydrogen-bond acceptors (Lipinski definition) is 3. The van der Waals surface area contributed by atoms with E-state index in [4.69, 9.17) is 9.47 Å². The van der Waals surface area contributed by atoms with Crippen molar-refractivity contribution in [2.24, 2.45) is 5.92 Å². The second kappa shape index (κ2) is 11.3. The summed E-state index contributed by atoms with van der Waals surface area (Å²) in [4.78, 5) is 12.5. The summed E-state index contributed by atoms with van der Waals surface area (Å²) in [5, 5.41) is 0. The number of carbonyl (C=O) groups excluding carboxylic acids is 1. The number of benzene rings is 3. The Morgan fingerprint density at radius 2 is 1.56 bits per heavy atom. The summed E-state index contributed by atoms with van der Waals surface area (Å²) in [6, 6.07) is 19.4. The molecule has 0 spiro atoms. The van der Waals surface area contributed by atoms with Crippen LogP contribution in [0, 0.1) is 11.7 Å². The van der Waals surface area contributed by atoms with Crippen LogP contribution in [-0.2, 0) is 0 Å². The van der Waals surface area contributed by atoms with E-state index >= 15 is 4.39 Å². The molecule has 0 aromatic heterocycles. The molecular weight excluding hydrogens is 427 g/mol. The van der Waals surface area contributed by atoms with Crippen molar-refractivity contribution in [1.82, 2.24) is 0 Å². The molecule has 0 radical (unpaired) electrons. The number of halogens is 1. The van der Waals surface area contributed by atoms with Gasteiger partial charge in [0.2, 0.25) is 0 Å². The van der Waals surface area contributed by atoms with Gasteiger partial charge in [0, 0.05) is 5.56 Å². The van der Waals surface area contributed by atoms with Gasteiger partial charge in [-0.05, 0) is 98.0 Å². The fourth-order valence-electron chi connectivity index (χ4n) is 4.93. The van der Waals surface area contributed by atoms with Gasteiger partial charge in [0.15, 0.2) is 0 Å². The lowest BCUT2D eigenvalue weighted by Crippen LogP contribution is -2.13. The fourth-order valence-corrected chi connectivity index (χ4v) is 4.93. The van der Waals surface area contributed by atoms with E-state index in [9.17, 15) is 4.79 Å². The predicted octanol–water partition coefficient (Wildman–Crippen LogP) is 8.18. The van der Waals surface area contributed by atoms with Crippen molar-refractivity contribution in [3.63, 3.8) is 0 Å². The van der Waals surface area contributed by atoms with E-state index in [2.05, 4.69) is 13.0 Å². The Labute approximate surface area is 201 Å². The van der Waals surface area contributed by atoms with Crippen LogP contribution in [0.25, 0.3) is 11.1 Å². The molecule has 0 atom stereocenters. The number of rotatable bonds is 8. The van der Waals surface area contributed by atoms with Gasteiger partial charge in [0.05, 0.1) is 12.2 Å². The lowest BCUT2D eigenvalue weighted by atomic mass is 9.77. The third-order valence-electron chi connectivity index (χ3n) is 6.79. The van der Waals surface area contributed by atoms with Gasteiger partial charge in [-0.25, -0.2) is 9.18 Å². The van der Waals surface area contributed by atoms with Crippen LogP contribution in [0.1, 0.15) is 74.2 Å². The van der Waals surface area contributed by atoms with Crippen LogP contribution in [-0.4, -0.2) is 12.6 Å². The Balaban J connectivity index is 1.39. The van der Waals surface area contributed by atoms with Crippen LogP contribution in [0.5, 0.6) is 11.5 Å². The third kappa shape index (κ3) is 5.85. The average Bonchev–Trinajstić information content (AvgIpc) is 2.86. The molecule has 34 heavy (non-hydrogen) atoms. The molecule has 1 aliphatic carbocycles. The molecule has 0 N–H and O–H groups in total. The molecule has 1 aliphatic rings. The summed E-state index contributed by atoms with van der Waals surface area (Å²) in [7, 11) is 0. The van der Waals surface area contributed by atoms with Crippen LogP contribution in [0.2, 0.25) is 0 Å². The molecule has 3 nitrogen and oxygen atoms in total. The molecule has 0 heterocycles. The van der Waals surface area contributed by atoms with E-state index in [1.54, 1.807) is 54.6 Å². The average molecular weight is 461 g/mol. The molecule has 4 heteroatoms. The van der Waals surface area contributed by atoms with Crippen LogP contribution in [0.15, 0.2) is 66.7 Å². The number of hydrogen-bond donors (Lipinski definition) is 0. The zero-order valence-electron chi connectivity index (χ0n) is 20.1. The van der Waals surface area contributed by atoms with Gasteiger partial charge in [0.25, 0.3) is 0 Å². The molecule has 3 aromatic rings. The predicted molar refractivity (Wildman–Crippen MR) is 134 cm³/mol. The van der Waals surface area contributed by atoms with E-state index in [1.807, 2.05) is 13.0 Å².